The van der Waals surface area contributed by atoms with E-state index < -0.39 is 0 Å². The molecule has 0 aliphatic heterocycles. The van der Waals surface area contributed by atoms with Crippen molar-refractivity contribution in [2.45, 2.75) is 13.3 Å². The first kappa shape index (κ1) is 7.07. The smallest absolute Gasteiger partial charge is 0.0100 e. The van der Waals surface area contributed by atoms with Gasteiger partial charge in [0.15, 0.2) is 0 Å². The van der Waals surface area contributed by atoms with Gasteiger partial charge in [0.25, 0.3) is 0 Å². The lowest BCUT2D eigenvalue weighted by Crippen LogP contribution is -1.79. The number of allylic oxidation sites excluding steroid dienone is 1. The third-order valence-electron chi connectivity index (χ3n) is 1.50. The molecule has 0 saturated heterocycles. The fourth-order valence-corrected chi connectivity index (χ4v) is 0.891. The molecular formula is C10H12. The molecule has 1 aromatic carbocycles. The second kappa shape index (κ2) is 3.21. The van der Waals surface area contributed by atoms with E-state index in [4.69, 9.17) is 0 Å². The number of aryl methyl sites for hydroxylation is 1. The van der Waals surface area contributed by atoms with Gasteiger partial charge in [-0.3, -0.25) is 0 Å². The van der Waals surface area contributed by atoms with Crippen molar-refractivity contribution < 1.29 is 0 Å². The minimum atomic E-state index is 0.972. The Morgan fingerprint density at radius 3 is 2.60 bits per heavy atom. The summed E-state index contributed by atoms with van der Waals surface area (Å²) in [5, 5.41) is 0. The van der Waals surface area contributed by atoms with Gasteiger partial charge in [-0.2, -0.15) is 0 Å². The van der Waals surface area contributed by atoms with Gasteiger partial charge in [-0.1, -0.05) is 35.9 Å². The highest BCUT2D eigenvalue weighted by Crippen LogP contribution is 2.03. The van der Waals surface area contributed by atoms with E-state index in [1.54, 1.807) is 0 Å². The molecule has 0 heteroatoms. The molecule has 0 nitrogen and oxygen atoms in total. The monoisotopic (exact) mass is 134 g/mol. The van der Waals surface area contributed by atoms with Gasteiger partial charge in [0, 0.05) is 0 Å². The average molecular weight is 134 g/mol. The maximum Gasteiger partial charge on any atom is -0.0100 e. The molecule has 1 rings (SSSR count). The van der Waals surface area contributed by atoms with E-state index in [9.17, 15) is 0 Å². The number of hydrogen-bond acceptors (Lipinski definition) is 0. The van der Waals surface area contributed by atoms with E-state index in [-0.39, 0.29) is 0 Å². The van der Waals surface area contributed by atoms with Crippen LogP contribution < -0.4 is 0 Å². The zero-order valence-corrected chi connectivity index (χ0v) is 6.30. The molecule has 0 aliphatic carbocycles. The topological polar surface area (TPSA) is 0 Å². The second-order valence-electron chi connectivity index (χ2n) is 2.48. The molecule has 0 bridgehead atoms. The quantitative estimate of drug-likeness (QED) is 0.545. The summed E-state index contributed by atoms with van der Waals surface area (Å²) in [5.74, 6) is 0. The SMILES string of the molecule is C=CC[14c]1ccc(C)cc1. The molecule has 1 aromatic rings. The molecule has 0 radical (unpaired) electrons. The molecule has 0 unspecified atom stereocenters. The normalized spacial score (nSPS) is 9.30. The van der Waals surface area contributed by atoms with Crippen LogP contribution in [0.15, 0.2) is 36.9 Å². The summed E-state index contributed by atoms with van der Waals surface area (Å²) in [6.07, 6.45) is 2.89. The van der Waals surface area contributed by atoms with Crippen LogP contribution in [0.2, 0.25) is 0 Å². The van der Waals surface area contributed by atoms with Crippen molar-refractivity contribution in [1.29, 1.82) is 0 Å². The summed E-state index contributed by atoms with van der Waals surface area (Å²) in [7, 11) is 0. The van der Waals surface area contributed by atoms with Gasteiger partial charge in [0.05, 0.1) is 0 Å². The lowest BCUT2D eigenvalue weighted by Gasteiger charge is -1.95. The van der Waals surface area contributed by atoms with Crippen LogP contribution in [0.3, 0.4) is 0 Å². The first-order valence-corrected chi connectivity index (χ1v) is 3.49. The van der Waals surface area contributed by atoms with Gasteiger partial charge < -0.3 is 0 Å². The van der Waals surface area contributed by atoms with Gasteiger partial charge in [-0.25, -0.2) is 0 Å². The Balaban J connectivity index is 2.78. The highest BCUT2D eigenvalue weighted by molar-refractivity contribution is 5.22. The molecule has 10 heavy (non-hydrogen) atoms. The van der Waals surface area contributed by atoms with Gasteiger partial charge in [-0.05, 0) is 18.9 Å². The second-order valence-corrected chi connectivity index (χ2v) is 2.48. The van der Waals surface area contributed by atoms with Crippen LogP contribution in [-0.4, -0.2) is 0 Å². The Morgan fingerprint density at radius 2 is 2.10 bits per heavy atom. The molecule has 0 aliphatic rings. The number of rotatable bonds is 2. The predicted molar refractivity (Wildman–Crippen MR) is 45.1 cm³/mol. The molecule has 52 valence electrons. The van der Waals surface area contributed by atoms with Gasteiger partial charge >= 0.3 is 0 Å². The Hall–Kier alpha value is -1.04. The summed E-state index contributed by atoms with van der Waals surface area (Å²) in [6, 6.07) is 8.52. The highest BCUT2D eigenvalue weighted by atomic mass is 14.9. The zero-order valence-electron chi connectivity index (χ0n) is 6.30. The van der Waals surface area contributed by atoms with Crippen molar-refractivity contribution in [3.05, 3.63) is 48.0 Å². The summed E-state index contributed by atoms with van der Waals surface area (Å²) < 4.78 is 0. The minimum Gasteiger partial charge on any atom is -0.103 e. The van der Waals surface area contributed by atoms with E-state index in [1.165, 1.54) is 11.1 Å². The molecule has 0 heterocycles. The van der Waals surface area contributed by atoms with Crippen LogP contribution in [0.25, 0.3) is 0 Å². The van der Waals surface area contributed by atoms with E-state index >= 15 is 0 Å². The molecule has 0 N–H and O–H groups in total. The van der Waals surface area contributed by atoms with E-state index in [0.29, 0.717) is 0 Å². The van der Waals surface area contributed by atoms with Crippen molar-refractivity contribution in [1.82, 2.24) is 0 Å². The molecule has 0 spiro atoms. The first-order valence-electron chi connectivity index (χ1n) is 3.49. The highest BCUT2D eigenvalue weighted by Gasteiger charge is 1.86. The zero-order chi connectivity index (χ0) is 7.40. The Kier molecular flexibility index (Phi) is 2.27. The predicted octanol–water partition coefficient (Wildman–Crippen LogP) is 2.72. The van der Waals surface area contributed by atoms with Crippen LogP contribution >= 0.6 is 0 Å². The lowest BCUT2D eigenvalue weighted by atomic mass is 10.3. The molecule has 0 fully saturated rings. The first-order chi connectivity index (χ1) is 4.83. The Labute approximate surface area is 62.2 Å². The largest absolute Gasteiger partial charge is 0.103 e. The standard InChI is InChI=1S/C10H12/c1-3-4-10-7-5-9(2)6-8-10/h3,5-8H,1,4H2,2H3/i10+2. The maximum absolute atomic E-state index is 3.68. The Bertz CT molecular complexity index is 206. The van der Waals surface area contributed by atoms with E-state index in [0.717, 1.165) is 6.42 Å². The van der Waals surface area contributed by atoms with Crippen LogP contribution in [-0.2, 0) is 6.42 Å². The lowest BCUT2D eigenvalue weighted by molar-refractivity contribution is 1.26. The van der Waals surface area contributed by atoms with Crippen molar-refractivity contribution in [3.8, 4) is 0 Å². The third-order valence-corrected chi connectivity index (χ3v) is 1.50. The fourth-order valence-electron chi connectivity index (χ4n) is 0.891. The van der Waals surface area contributed by atoms with E-state index in [1.807, 2.05) is 6.08 Å². The molecule has 0 atom stereocenters. The molecular weight excluding hydrogens is 122 g/mol. The van der Waals surface area contributed by atoms with Crippen molar-refractivity contribution in [2.75, 3.05) is 0 Å². The van der Waals surface area contributed by atoms with Crippen LogP contribution in [0.4, 0.5) is 0 Å². The Morgan fingerprint density at radius 1 is 1.50 bits per heavy atom. The van der Waals surface area contributed by atoms with Crippen molar-refractivity contribution in [3.63, 3.8) is 0 Å². The van der Waals surface area contributed by atoms with Crippen LogP contribution in [0.5, 0.6) is 0 Å². The maximum atomic E-state index is 3.68. The van der Waals surface area contributed by atoms with E-state index in [2.05, 4.69) is 37.8 Å². The summed E-state index contributed by atoms with van der Waals surface area (Å²) in [6.45, 7) is 5.77. The number of hydrogen-bond donors (Lipinski definition) is 0. The van der Waals surface area contributed by atoms with Gasteiger partial charge in [0.2, 0.25) is 0 Å². The molecule has 0 saturated carbocycles. The van der Waals surface area contributed by atoms with Gasteiger partial charge in [-0.15, -0.1) is 6.58 Å². The average Bonchev–Trinajstić information content (AvgIpc) is 1.95. The summed E-state index contributed by atoms with van der Waals surface area (Å²) >= 11 is 0. The minimum absolute atomic E-state index is 0.972. The number of benzene rings is 1. The summed E-state index contributed by atoms with van der Waals surface area (Å²) in [5.41, 5.74) is 2.65. The fraction of sp³-hybridized carbons (Fsp3) is 0.200. The van der Waals surface area contributed by atoms with Crippen molar-refractivity contribution >= 4 is 0 Å². The third kappa shape index (κ3) is 1.73. The molecule has 0 amide bonds. The summed E-state index contributed by atoms with van der Waals surface area (Å²) in [4.78, 5) is 0. The van der Waals surface area contributed by atoms with Crippen LogP contribution in [0, 0.1) is 6.92 Å². The van der Waals surface area contributed by atoms with Crippen LogP contribution in [0.1, 0.15) is 11.1 Å². The van der Waals surface area contributed by atoms with Gasteiger partial charge in [0.1, 0.15) is 0 Å². The molecule has 0 aromatic heterocycles. The van der Waals surface area contributed by atoms with Crippen molar-refractivity contribution in [2.24, 2.45) is 0 Å².